The third kappa shape index (κ3) is 2.89. The van der Waals surface area contributed by atoms with E-state index in [4.69, 9.17) is 10.00 Å². The first kappa shape index (κ1) is 15.8. The molecule has 0 saturated carbocycles. The van der Waals surface area contributed by atoms with Gasteiger partial charge in [-0.05, 0) is 31.5 Å². The largest absolute Gasteiger partial charge is 0.496 e. The number of rotatable bonds is 5. The fraction of sp³-hybridized carbons (Fsp3) is 0.333. The van der Waals surface area contributed by atoms with Gasteiger partial charge in [-0.2, -0.15) is 5.26 Å². The molecule has 2 aromatic rings. The Morgan fingerprint density at radius 1 is 1.27 bits per heavy atom. The highest BCUT2D eigenvalue weighted by molar-refractivity contribution is 5.67. The molecule has 4 nitrogen and oxygen atoms in total. The Bertz CT molecular complexity index is 756. The third-order valence-electron chi connectivity index (χ3n) is 3.88. The number of pyridine rings is 1. The lowest BCUT2D eigenvalue weighted by atomic mass is 10.1. The summed E-state index contributed by atoms with van der Waals surface area (Å²) in [6.45, 7) is 4.05. The fourth-order valence-electron chi connectivity index (χ4n) is 2.51. The minimum atomic E-state index is -0.0979. The van der Waals surface area contributed by atoms with Gasteiger partial charge in [-0.3, -0.25) is 4.79 Å². The molecule has 1 aromatic carbocycles. The van der Waals surface area contributed by atoms with Gasteiger partial charge in [-0.1, -0.05) is 25.1 Å². The Labute approximate surface area is 130 Å². The smallest absolute Gasteiger partial charge is 0.255 e. The highest BCUT2D eigenvalue weighted by Gasteiger charge is 2.16. The lowest BCUT2D eigenvalue weighted by Gasteiger charge is -2.20. The summed E-state index contributed by atoms with van der Waals surface area (Å²) in [6, 6.07) is 13.4. The number of nitrogens with zero attached hydrogens (tertiary/aromatic N) is 2. The molecular weight excluding hydrogens is 276 g/mol. The van der Waals surface area contributed by atoms with Gasteiger partial charge in [0.15, 0.2) is 0 Å². The number of hydrogen-bond acceptors (Lipinski definition) is 3. The summed E-state index contributed by atoms with van der Waals surface area (Å²) >= 11 is 0. The normalized spacial score (nSPS) is 11.7. The summed E-state index contributed by atoms with van der Waals surface area (Å²) in [5.74, 6) is 0.729. The van der Waals surface area contributed by atoms with Crippen LogP contribution in [0.2, 0.25) is 0 Å². The Kier molecular flexibility index (Phi) is 5.00. The number of nitriles is 1. The molecule has 1 unspecified atom stereocenters. The van der Waals surface area contributed by atoms with Gasteiger partial charge in [0.2, 0.25) is 0 Å². The first-order valence-electron chi connectivity index (χ1n) is 7.38. The number of aromatic nitrogens is 1. The van der Waals surface area contributed by atoms with E-state index in [9.17, 15) is 4.79 Å². The Hall–Kier alpha value is -2.54. The molecule has 0 aliphatic carbocycles. The van der Waals surface area contributed by atoms with Crippen LogP contribution in [0.15, 0.2) is 41.2 Å². The maximum atomic E-state index is 12.7. The van der Waals surface area contributed by atoms with E-state index in [-0.39, 0.29) is 18.0 Å². The zero-order valence-corrected chi connectivity index (χ0v) is 13.2. The molecule has 0 radical (unpaired) electrons. The maximum absolute atomic E-state index is 12.7. The molecule has 0 bridgehead atoms. The molecule has 0 aliphatic rings. The van der Waals surface area contributed by atoms with Gasteiger partial charge in [0.25, 0.3) is 5.56 Å². The molecule has 114 valence electrons. The number of para-hydroxylation sites is 1. The van der Waals surface area contributed by atoms with Crippen LogP contribution in [0.4, 0.5) is 0 Å². The Morgan fingerprint density at radius 3 is 2.64 bits per heavy atom. The topological polar surface area (TPSA) is 55.0 Å². The van der Waals surface area contributed by atoms with Crippen molar-refractivity contribution in [3.63, 3.8) is 0 Å². The van der Waals surface area contributed by atoms with Crippen LogP contribution < -0.4 is 10.3 Å². The number of hydrogen-bond donors (Lipinski definition) is 0. The third-order valence-corrected chi connectivity index (χ3v) is 3.88. The van der Waals surface area contributed by atoms with Crippen molar-refractivity contribution in [2.75, 3.05) is 7.11 Å². The van der Waals surface area contributed by atoms with Gasteiger partial charge < -0.3 is 9.30 Å². The van der Waals surface area contributed by atoms with E-state index >= 15 is 0 Å². The second-order valence-electron chi connectivity index (χ2n) is 5.21. The van der Waals surface area contributed by atoms with Crippen molar-refractivity contribution in [1.29, 1.82) is 5.26 Å². The molecule has 0 aliphatic heterocycles. The van der Waals surface area contributed by atoms with E-state index in [0.717, 1.165) is 23.4 Å². The summed E-state index contributed by atoms with van der Waals surface area (Å²) in [6.07, 6.45) is 0.958. The van der Waals surface area contributed by atoms with E-state index in [0.29, 0.717) is 5.56 Å². The standard InChI is InChI=1S/C18H20N2O2/c1-4-13(2)20-16(10-9-14(11-12-19)18(20)21)15-7-5-6-8-17(15)22-3/h5-10,13H,4,11H2,1-3H3. The minimum absolute atomic E-state index is 0.0473. The molecule has 22 heavy (non-hydrogen) atoms. The van der Waals surface area contributed by atoms with Crippen molar-refractivity contribution < 1.29 is 4.74 Å². The van der Waals surface area contributed by atoms with Gasteiger partial charge >= 0.3 is 0 Å². The van der Waals surface area contributed by atoms with Gasteiger partial charge in [0, 0.05) is 17.2 Å². The Morgan fingerprint density at radius 2 is 2.00 bits per heavy atom. The van der Waals surface area contributed by atoms with Crippen molar-refractivity contribution >= 4 is 0 Å². The second-order valence-corrected chi connectivity index (χ2v) is 5.21. The Balaban J connectivity index is 2.74. The molecule has 0 spiro atoms. The predicted octanol–water partition coefficient (Wildman–Crippen LogP) is 3.56. The lowest BCUT2D eigenvalue weighted by molar-refractivity contribution is 0.415. The summed E-state index contributed by atoms with van der Waals surface area (Å²) < 4.78 is 7.19. The summed E-state index contributed by atoms with van der Waals surface area (Å²) in [5.41, 5.74) is 2.13. The van der Waals surface area contributed by atoms with Gasteiger partial charge in [-0.25, -0.2) is 0 Å². The summed E-state index contributed by atoms with van der Waals surface area (Å²) in [4.78, 5) is 12.7. The van der Waals surface area contributed by atoms with Crippen molar-refractivity contribution in [3.05, 3.63) is 52.3 Å². The van der Waals surface area contributed by atoms with Crippen LogP contribution in [0.25, 0.3) is 11.3 Å². The van der Waals surface area contributed by atoms with Crippen LogP contribution >= 0.6 is 0 Å². The van der Waals surface area contributed by atoms with Crippen molar-refractivity contribution in [2.24, 2.45) is 0 Å². The SMILES string of the molecule is CCC(C)n1c(-c2ccccc2OC)ccc(CC#N)c1=O. The quantitative estimate of drug-likeness (QED) is 0.847. The highest BCUT2D eigenvalue weighted by Crippen LogP contribution is 2.30. The zero-order chi connectivity index (χ0) is 16.1. The molecular formula is C18H20N2O2. The van der Waals surface area contributed by atoms with Crippen LogP contribution in [-0.2, 0) is 6.42 Å². The molecule has 0 N–H and O–H groups in total. The average molecular weight is 296 g/mol. The second kappa shape index (κ2) is 6.95. The molecule has 1 aromatic heterocycles. The van der Waals surface area contributed by atoms with E-state index in [1.54, 1.807) is 17.7 Å². The number of methoxy groups -OCH3 is 1. The first-order valence-corrected chi connectivity index (χ1v) is 7.38. The van der Waals surface area contributed by atoms with Gasteiger partial charge in [0.05, 0.1) is 25.3 Å². The van der Waals surface area contributed by atoms with Crippen LogP contribution in [0.3, 0.4) is 0 Å². The monoisotopic (exact) mass is 296 g/mol. The summed E-state index contributed by atoms with van der Waals surface area (Å²) in [5, 5.41) is 8.88. The van der Waals surface area contributed by atoms with E-state index < -0.39 is 0 Å². The molecule has 1 heterocycles. The van der Waals surface area contributed by atoms with Crippen LogP contribution in [-0.4, -0.2) is 11.7 Å². The van der Waals surface area contributed by atoms with Crippen molar-refractivity contribution in [1.82, 2.24) is 4.57 Å². The van der Waals surface area contributed by atoms with E-state index in [1.165, 1.54) is 0 Å². The molecule has 0 amide bonds. The van der Waals surface area contributed by atoms with Gasteiger partial charge in [0.1, 0.15) is 5.75 Å². The number of benzene rings is 1. The molecule has 0 fully saturated rings. The predicted molar refractivity (Wildman–Crippen MR) is 87.0 cm³/mol. The molecule has 0 saturated heterocycles. The molecule has 2 rings (SSSR count). The van der Waals surface area contributed by atoms with E-state index in [2.05, 4.69) is 6.07 Å². The maximum Gasteiger partial charge on any atom is 0.255 e. The van der Waals surface area contributed by atoms with Crippen LogP contribution in [0.5, 0.6) is 5.75 Å². The highest BCUT2D eigenvalue weighted by atomic mass is 16.5. The molecule has 1 atom stereocenters. The van der Waals surface area contributed by atoms with Crippen molar-refractivity contribution in [3.8, 4) is 23.1 Å². The van der Waals surface area contributed by atoms with Gasteiger partial charge in [-0.15, -0.1) is 0 Å². The first-order chi connectivity index (χ1) is 10.6. The van der Waals surface area contributed by atoms with Crippen LogP contribution in [0, 0.1) is 11.3 Å². The zero-order valence-electron chi connectivity index (χ0n) is 13.2. The minimum Gasteiger partial charge on any atom is -0.496 e. The lowest BCUT2D eigenvalue weighted by Crippen LogP contribution is -2.27. The molecule has 4 heteroatoms. The van der Waals surface area contributed by atoms with Crippen molar-refractivity contribution in [2.45, 2.75) is 32.7 Å². The fourth-order valence-corrected chi connectivity index (χ4v) is 2.51. The summed E-state index contributed by atoms with van der Waals surface area (Å²) in [7, 11) is 1.62. The van der Waals surface area contributed by atoms with Crippen LogP contribution in [0.1, 0.15) is 31.9 Å². The van der Waals surface area contributed by atoms with E-state index in [1.807, 2.05) is 44.2 Å². The average Bonchev–Trinajstić information content (AvgIpc) is 2.56. The number of ether oxygens (including phenoxy) is 1.